The average molecular weight is 588 g/mol. The summed E-state index contributed by atoms with van der Waals surface area (Å²) in [4.78, 5) is 43.3. The van der Waals surface area contributed by atoms with E-state index in [0.717, 1.165) is 49.3 Å². The fourth-order valence-electron chi connectivity index (χ4n) is 5.25. The largest absolute Gasteiger partial charge is 0.350 e. The third-order valence-electron chi connectivity index (χ3n) is 7.54. The topological polar surface area (TPSA) is 93.1 Å². The van der Waals surface area contributed by atoms with Crippen LogP contribution in [0.4, 0.5) is 4.39 Å². The van der Waals surface area contributed by atoms with Crippen molar-refractivity contribution < 1.29 is 14.0 Å². The van der Waals surface area contributed by atoms with Crippen molar-refractivity contribution in [2.75, 3.05) is 6.54 Å². The van der Waals surface area contributed by atoms with Gasteiger partial charge in [0.05, 0.1) is 20.8 Å². The zero-order valence-corrected chi connectivity index (χ0v) is 23.1. The Morgan fingerprint density at radius 2 is 1.82 bits per heavy atom. The summed E-state index contributed by atoms with van der Waals surface area (Å²) in [5.41, 5.74) is 0.770. The van der Waals surface area contributed by atoms with Crippen molar-refractivity contribution in [2.45, 2.75) is 50.6 Å². The van der Waals surface area contributed by atoms with Crippen LogP contribution >= 0.6 is 34.5 Å². The first-order valence-electron chi connectivity index (χ1n) is 13.0. The molecule has 0 spiro atoms. The fraction of sp³-hybridized carbons (Fsp3) is 0.357. The molecule has 2 aliphatic carbocycles. The lowest BCUT2D eigenvalue weighted by molar-refractivity contribution is 0.0918. The molecule has 0 unspecified atom stereocenters. The van der Waals surface area contributed by atoms with E-state index in [0.29, 0.717) is 27.6 Å². The number of hydrogen-bond donors (Lipinski definition) is 2. The molecule has 2 aromatic heterocycles. The molecule has 39 heavy (non-hydrogen) atoms. The average Bonchev–Trinajstić information content (AvgIpc) is 3.67. The monoisotopic (exact) mass is 586 g/mol. The number of amides is 2. The number of nitrogens with one attached hydrogen (secondary N) is 2. The first-order valence-corrected chi connectivity index (χ1v) is 14.5. The van der Waals surface area contributed by atoms with E-state index in [-0.39, 0.29) is 39.9 Å². The van der Waals surface area contributed by atoms with E-state index in [1.807, 2.05) is 10.6 Å². The maximum Gasteiger partial charge on any atom is 0.280 e. The third kappa shape index (κ3) is 5.40. The lowest BCUT2D eigenvalue weighted by atomic mass is 9.86. The Balaban J connectivity index is 1.07. The number of fused-ring (bicyclic) bond motifs is 2. The number of pyridine rings is 1. The first-order chi connectivity index (χ1) is 18.8. The van der Waals surface area contributed by atoms with Crippen LogP contribution in [-0.4, -0.2) is 34.0 Å². The predicted octanol–water partition coefficient (Wildman–Crippen LogP) is 6.11. The molecule has 0 bridgehead atoms. The molecule has 7 nitrogen and oxygen atoms in total. The molecule has 2 amide bonds. The minimum Gasteiger partial charge on any atom is -0.350 e. The Morgan fingerprint density at radius 3 is 2.56 bits per heavy atom. The lowest BCUT2D eigenvalue weighted by Gasteiger charge is -2.29. The van der Waals surface area contributed by atoms with Gasteiger partial charge in [0.25, 0.3) is 11.8 Å². The van der Waals surface area contributed by atoms with E-state index in [4.69, 9.17) is 23.2 Å². The van der Waals surface area contributed by atoms with E-state index >= 15 is 0 Å². The van der Waals surface area contributed by atoms with Gasteiger partial charge in [0.1, 0.15) is 11.4 Å². The van der Waals surface area contributed by atoms with Gasteiger partial charge in [-0.3, -0.25) is 14.4 Å². The Bertz CT molecular complexity index is 1680. The van der Waals surface area contributed by atoms with Gasteiger partial charge in [0, 0.05) is 35.2 Å². The molecule has 2 fully saturated rings. The summed E-state index contributed by atoms with van der Waals surface area (Å²) in [6, 6.07) is 8.05. The molecule has 2 aliphatic rings. The summed E-state index contributed by atoms with van der Waals surface area (Å²) in [6.07, 6.45) is 6.58. The van der Waals surface area contributed by atoms with Gasteiger partial charge in [-0.2, -0.15) is 0 Å². The van der Waals surface area contributed by atoms with Crippen molar-refractivity contribution in [3.63, 3.8) is 0 Å². The molecule has 6 rings (SSSR count). The molecular formula is C28H25Cl2FN4O3S. The zero-order chi connectivity index (χ0) is 27.3. The second-order valence-corrected chi connectivity index (χ2v) is 12.2. The Labute approximate surface area is 237 Å². The van der Waals surface area contributed by atoms with Gasteiger partial charge >= 0.3 is 0 Å². The zero-order valence-electron chi connectivity index (χ0n) is 20.8. The number of thiazole rings is 1. The number of halogens is 3. The number of nitrogens with zero attached hydrogens (tertiary/aromatic N) is 2. The molecule has 4 aromatic rings. The number of hydrogen-bond acceptors (Lipinski definition) is 5. The number of carbonyl (C=O) groups excluding carboxylic acids is 2. The third-order valence-corrected chi connectivity index (χ3v) is 9.10. The minimum atomic E-state index is -0.681. The normalized spacial score (nSPS) is 19.4. The van der Waals surface area contributed by atoms with Gasteiger partial charge in [-0.25, -0.2) is 9.37 Å². The maximum absolute atomic E-state index is 14.2. The molecule has 2 aromatic carbocycles. The van der Waals surface area contributed by atoms with Gasteiger partial charge in [-0.15, -0.1) is 11.3 Å². The Hall–Kier alpha value is -3.01. The van der Waals surface area contributed by atoms with Crippen molar-refractivity contribution in [3.8, 4) is 0 Å². The standard InChI is InChI=1S/C28H25Cl2FN4O3S/c29-15-3-8-24-22(9-15)34-28(39-24)27(38)32-12-14-1-4-16(5-2-14)33-26(37)19-13-35(17-6-7-17)23-11-20(30)21(31)10-18(23)25(19)36/h3,8-11,13-14,16-17H,1-2,4-7,12H2,(H,32,38)(H,33,37)/t14-,16-. The van der Waals surface area contributed by atoms with Crippen LogP contribution in [0.1, 0.15) is 64.7 Å². The molecule has 2 N–H and O–H groups in total. The van der Waals surface area contributed by atoms with Crippen molar-refractivity contribution in [1.29, 1.82) is 0 Å². The van der Waals surface area contributed by atoms with Crippen LogP contribution in [0, 0.1) is 11.7 Å². The van der Waals surface area contributed by atoms with Crippen LogP contribution in [0.25, 0.3) is 21.1 Å². The van der Waals surface area contributed by atoms with E-state index in [1.165, 1.54) is 17.4 Å². The quantitative estimate of drug-likeness (QED) is 0.285. The molecule has 0 atom stereocenters. The molecule has 2 saturated carbocycles. The van der Waals surface area contributed by atoms with E-state index in [9.17, 15) is 18.8 Å². The van der Waals surface area contributed by atoms with Crippen molar-refractivity contribution >= 4 is 67.5 Å². The maximum atomic E-state index is 14.2. The predicted molar refractivity (Wildman–Crippen MR) is 152 cm³/mol. The SMILES string of the molecule is O=C(NC[C@H]1CC[C@H](NC(=O)c2cn(C3CC3)c3cc(Cl)c(F)cc3c2=O)CC1)c1nc2cc(Cl)ccc2s1. The molecule has 0 radical (unpaired) electrons. The smallest absolute Gasteiger partial charge is 0.280 e. The van der Waals surface area contributed by atoms with Crippen LogP contribution in [0.5, 0.6) is 0 Å². The Kier molecular flexibility index (Phi) is 7.07. The Morgan fingerprint density at radius 1 is 1.05 bits per heavy atom. The van der Waals surface area contributed by atoms with Gasteiger partial charge in [0.2, 0.25) is 5.43 Å². The number of rotatable bonds is 6. The first kappa shape index (κ1) is 26.2. The van der Waals surface area contributed by atoms with Crippen molar-refractivity contribution in [2.24, 2.45) is 5.92 Å². The molecule has 0 saturated heterocycles. The van der Waals surface area contributed by atoms with Gasteiger partial charge in [-0.1, -0.05) is 23.2 Å². The number of aromatic nitrogens is 2. The number of carbonyl (C=O) groups is 2. The van der Waals surface area contributed by atoms with Crippen LogP contribution < -0.4 is 16.1 Å². The molecule has 0 aliphatic heterocycles. The van der Waals surface area contributed by atoms with E-state index in [1.54, 1.807) is 18.3 Å². The summed E-state index contributed by atoms with van der Waals surface area (Å²) in [5, 5.41) is 7.09. The van der Waals surface area contributed by atoms with Crippen LogP contribution in [-0.2, 0) is 0 Å². The number of benzene rings is 2. The summed E-state index contributed by atoms with van der Waals surface area (Å²) in [5.74, 6) is -1.05. The van der Waals surface area contributed by atoms with Gasteiger partial charge in [-0.05, 0) is 74.8 Å². The van der Waals surface area contributed by atoms with Crippen molar-refractivity contribution in [3.05, 3.63) is 73.2 Å². The van der Waals surface area contributed by atoms with Gasteiger partial charge in [0.15, 0.2) is 5.01 Å². The fourth-order valence-corrected chi connectivity index (χ4v) is 6.43. The molecule has 202 valence electrons. The summed E-state index contributed by atoms with van der Waals surface area (Å²) in [7, 11) is 0. The van der Waals surface area contributed by atoms with Crippen LogP contribution in [0.3, 0.4) is 0 Å². The second-order valence-electron chi connectivity index (χ2n) is 10.3. The minimum absolute atomic E-state index is 0.0163. The van der Waals surface area contributed by atoms with Crippen LogP contribution in [0.15, 0.2) is 41.3 Å². The van der Waals surface area contributed by atoms with E-state index < -0.39 is 17.2 Å². The highest BCUT2D eigenvalue weighted by Gasteiger charge is 2.29. The summed E-state index contributed by atoms with van der Waals surface area (Å²) < 4.78 is 17.0. The molecule has 2 heterocycles. The highest BCUT2D eigenvalue weighted by molar-refractivity contribution is 7.20. The summed E-state index contributed by atoms with van der Waals surface area (Å²) in [6.45, 7) is 0.529. The summed E-state index contributed by atoms with van der Waals surface area (Å²) >= 11 is 13.3. The van der Waals surface area contributed by atoms with Crippen LogP contribution in [0.2, 0.25) is 10.0 Å². The van der Waals surface area contributed by atoms with Crippen molar-refractivity contribution in [1.82, 2.24) is 20.2 Å². The van der Waals surface area contributed by atoms with E-state index in [2.05, 4.69) is 15.6 Å². The molecule has 11 heteroatoms. The van der Waals surface area contributed by atoms with Gasteiger partial charge < -0.3 is 15.2 Å². The lowest BCUT2D eigenvalue weighted by Crippen LogP contribution is -2.41. The second kappa shape index (κ2) is 10.5. The highest BCUT2D eigenvalue weighted by atomic mass is 35.5. The highest BCUT2D eigenvalue weighted by Crippen LogP contribution is 2.37. The molecular weight excluding hydrogens is 562 g/mol.